The van der Waals surface area contributed by atoms with E-state index in [1.165, 1.54) is 6.42 Å². The van der Waals surface area contributed by atoms with E-state index in [0.29, 0.717) is 6.42 Å². The molecule has 5 heteroatoms. The van der Waals surface area contributed by atoms with Crippen LogP contribution in [0, 0.1) is 5.92 Å². The molecule has 0 aromatic carbocycles. The third kappa shape index (κ3) is 4.35. The fourth-order valence-electron chi connectivity index (χ4n) is 2.62. The minimum absolute atomic E-state index is 0.278. The number of carbonyl (C=O) groups excluding carboxylic acids is 1. The molecule has 1 amide bonds. The van der Waals surface area contributed by atoms with Gasteiger partial charge in [0.15, 0.2) is 0 Å². The fraction of sp³-hybridized carbons (Fsp3) is 0.714. The molecule has 2 rings (SSSR count). The molecule has 2 heterocycles. The van der Waals surface area contributed by atoms with Crippen molar-refractivity contribution in [1.29, 1.82) is 0 Å². The van der Waals surface area contributed by atoms with Crippen LogP contribution in [0.1, 0.15) is 25.7 Å². The molecule has 0 unspecified atom stereocenters. The first-order valence-electron chi connectivity index (χ1n) is 7.17. The van der Waals surface area contributed by atoms with Crippen LogP contribution >= 0.6 is 0 Å². The highest BCUT2D eigenvalue weighted by Crippen LogP contribution is 2.20. The maximum absolute atomic E-state index is 12.1. The van der Waals surface area contributed by atoms with Gasteiger partial charge in [-0.25, -0.2) is 4.98 Å². The summed E-state index contributed by atoms with van der Waals surface area (Å²) in [7, 11) is 1.99. The molecule has 0 atom stereocenters. The molecule has 5 nitrogen and oxygen atoms in total. The van der Waals surface area contributed by atoms with Crippen LogP contribution in [0.3, 0.4) is 0 Å². The van der Waals surface area contributed by atoms with Crippen molar-refractivity contribution in [3.8, 4) is 0 Å². The summed E-state index contributed by atoms with van der Waals surface area (Å²) in [6, 6.07) is 0. The number of imidazole rings is 1. The van der Waals surface area contributed by atoms with E-state index in [9.17, 15) is 4.79 Å². The minimum Gasteiger partial charge on any atom is -0.343 e. The molecular weight excluding hydrogens is 240 g/mol. The second-order valence-electron chi connectivity index (χ2n) is 5.27. The molecule has 0 spiro atoms. The standard InChI is InChI=1S/C14H24N4O/c1-15-6-2-13-3-9-18(10-4-13)14(19)5-8-17-11-7-16-12-17/h7,11-13,15H,2-6,8-10H2,1H3. The molecule has 1 saturated heterocycles. The van der Waals surface area contributed by atoms with Crippen molar-refractivity contribution in [2.24, 2.45) is 5.92 Å². The third-order valence-electron chi connectivity index (χ3n) is 3.91. The first-order chi connectivity index (χ1) is 9.29. The summed E-state index contributed by atoms with van der Waals surface area (Å²) in [5, 5.41) is 3.20. The van der Waals surface area contributed by atoms with E-state index in [1.807, 2.05) is 22.7 Å². The molecule has 106 valence electrons. The number of aromatic nitrogens is 2. The van der Waals surface area contributed by atoms with Crippen molar-refractivity contribution < 1.29 is 4.79 Å². The lowest BCUT2D eigenvalue weighted by Crippen LogP contribution is -2.39. The number of likely N-dealkylation sites (tertiary alicyclic amines) is 1. The lowest BCUT2D eigenvalue weighted by molar-refractivity contribution is -0.132. The number of rotatable bonds is 6. The summed E-state index contributed by atoms with van der Waals surface area (Å²) in [6.45, 7) is 3.67. The Morgan fingerprint density at radius 1 is 1.42 bits per heavy atom. The maximum atomic E-state index is 12.1. The Balaban J connectivity index is 1.67. The first kappa shape index (κ1) is 14.1. The van der Waals surface area contributed by atoms with Crippen LogP contribution in [0.4, 0.5) is 0 Å². The molecule has 0 bridgehead atoms. The van der Waals surface area contributed by atoms with E-state index < -0.39 is 0 Å². The molecule has 0 saturated carbocycles. The summed E-state index contributed by atoms with van der Waals surface area (Å²) >= 11 is 0. The Morgan fingerprint density at radius 2 is 2.21 bits per heavy atom. The van der Waals surface area contributed by atoms with E-state index in [2.05, 4.69) is 10.3 Å². The van der Waals surface area contributed by atoms with Crippen LogP contribution < -0.4 is 5.32 Å². The zero-order valence-corrected chi connectivity index (χ0v) is 11.7. The molecule has 1 aromatic heterocycles. The van der Waals surface area contributed by atoms with Gasteiger partial charge >= 0.3 is 0 Å². The topological polar surface area (TPSA) is 50.2 Å². The van der Waals surface area contributed by atoms with Crippen LogP contribution in [-0.4, -0.2) is 47.0 Å². The van der Waals surface area contributed by atoms with Crippen LogP contribution in [0.2, 0.25) is 0 Å². The minimum atomic E-state index is 0.278. The summed E-state index contributed by atoms with van der Waals surface area (Å²) < 4.78 is 1.96. The highest BCUT2D eigenvalue weighted by molar-refractivity contribution is 5.76. The van der Waals surface area contributed by atoms with Gasteiger partial charge in [-0.3, -0.25) is 4.79 Å². The lowest BCUT2D eigenvalue weighted by atomic mass is 9.93. The molecular formula is C14H24N4O. The number of carbonyl (C=O) groups is 1. The molecule has 1 aromatic rings. The average molecular weight is 264 g/mol. The molecule has 19 heavy (non-hydrogen) atoms. The van der Waals surface area contributed by atoms with Crippen LogP contribution in [0.5, 0.6) is 0 Å². The van der Waals surface area contributed by atoms with Crippen molar-refractivity contribution in [3.05, 3.63) is 18.7 Å². The molecule has 1 N–H and O–H groups in total. The fourth-order valence-corrected chi connectivity index (χ4v) is 2.62. The predicted molar refractivity (Wildman–Crippen MR) is 74.7 cm³/mol. The number of nitrogens with one attached hydrogen (secondary N) is 1. The first-order valence-corrected chi connectivity index (χ1v) is 7.17. The average Bonchev–Trinajstić information content (AvgIpc) is 2.96. The van der Waals surface area contributed by atoms with Crippen molar-refractivity contribution in [1.82, 2.24) is 19.8 Å². The van der Waals surface area contributed by atoms with Crippen LogP contribution in [0.15, 0.2) is 18.7 Å². The molecule has 1 fully saturated rings. The molecule has 0 radical (unpaired) electrons. The lowest BCUT2D eigenvalue weighted by Gasteiger charge is -2.32. The maximum Gasteiger partial charge on any atom is 0.224 e. The Hall–Kier alpha value is -1.36. The van der Waals surface area contributed by atoms with Gasteiger partial charge < -0.3 is 14.8 Å². The van der Waals surface area contributed by atoms with E-state index >= 15 is 0 Å². The van der Waals surface area contributed by atoms with Crippen LogP contribution in [0.25, 0.3) is 0 Å². The van der Waals surface area contributed by atoms with Gasteiger partial charge in [0.1, 0.15) is 0 Å². The van der Waals surface area contributed by atoms with E-state index in [0.717, 1.165) is 44.9 Å². The second kappa shape index (κ2) is 7.28. The van der Waals surface area contributed by atoms with E-state index in [4.69, 9.17) is 0 Å². The van der Waals surface area contributed by atoms with E-state index in [-0.39, 0.29) is 5.91 Å². The van der Waals surface area contributed by atoms with Gasteiger partial charge in [0, 0.05) is 38.4 Å². The predicted octanol–water partition coefficient (Wildman–Crippen LogP) is 1.12. The van der Waals surface area contributed by atoms with Gasteiger partial charge in [-0.2, -0.15) is 0 Å². The largest absolute Gasteiger partial charge is 0.343 e. The van der Waals surface area contributed by atoms with Crippen molar-refractivity contribution in [3.63, 3.8) is 0 Å². The molecule has 0 aliphatic carbocycles. The Bertz CT molecular complexity index is 369. The highest BCUT2D eigenvalue weighted by atomic mass is 16.2. The number of aryl methyl sites for hydroxylation is 1. The van der Waals surface area contributed by atoms with Crippen LogP contribution in [-0.2, 0) is 11.3 Å². The summed E-state index contributed by atoms with van der Waals surface area (Å²) in [5.74, 6) is 1.06. The third-order valence-corrected chi connectivity index (χ3v) is 3.91. The van der Waals surface area contributed by atoms with Gasteiger partial charge in [0.2, 0.25) is 5.91 Å². The van der Waals surface area contributed by atoms with E-state index in [1.54, 1.807) is 12.5 Å². The summed E-state index contributed by atoms with van der Waals surface area (Å²) in [4.78, 5) is 18.1. The van der Waals surface area contributed by atoms with Crippen molar-refractivity contribution >= 4 is 5.91 Å². The Labute approximate surface area is 115 Å². The van der Waals surface area contributed by atoms with Gasteiger partial charge in [-0.15, -0.1) is 0 Å². The second-order valence-corrected chi connectivity index (χ2v) is 5.27. The highest BCUT2D eigenvalue weighted by Gasteiger charge is 2.21. The SMILES string of the molecule is CNCCC1CCN(C(=O)CCn2ccnc2)CC1. The smallest absolute Gasteiger partial charge is 0.224 e. The van der Waals surface area contributed by atoms with Gasteiger partial charge in [-0.1, -0.05) is 0 Å². The number of hydrogen-bond donors (Lipinski definition) is 1. The number of piperidine rings is 1. The summed E-state index contributed by atoms with van der Waals surface area (Å²) in [5.41, 5.74) is 0. The van der Waals surface area contributed by atoms with Crippen molar-refractivity contribution in [2.75, 3.05) is 26.7 Å². The zero-order chi connectivity index (χ0) is 13.5. The summed E-state index contributed by atoms with van der Waals surface area (Å²) in [6.07, 6.45) is 9.52. The van der Waals surface area contributed by atoms with Gasteiger partial charge in [0.05, 0.1) is 6.33 Å². The zero-order valence-electron chi connectivity index (χ0n) is 11.7. The van der Waals surface area contributed by atoms with Crippen molar-refractivity contribution in [2.45, 2.75) is 32.2 Å². The number of nitrogens with zero attached hydrogens (tertiary/aromatic N) is 3. The van der Waals surface area contributed by atoms with Gasteiger partial charge in [-0.05, 0) is 38.8 Å². The monoisotopic (exact) mass is 264 g/mol. The Morgan fingerprint density at radius 3 is 2.84 bits per heavy atom. The Kier molecular flexibility index (Phi) is 5.39. The molecule has 1 aliphatic heterocycles. The number of hydrogen-bond acceptors (Lipinski definition) is 3. The van der Waals surface area contributed by atoms with Gasteiger partial charge in [0.25, 0.3) is 0 Å². The number of amides is 1. The quantitative estimate of drug-likeness (QED) is 0.837. The molecule has 1 aliphatic rings. The normalized spacial score (nSPS) is 16.8.